The van der Waals surface area contributed by atoms with E-state index in [1.165, 1.54) is 42.5 Å². The number of rotatable bonds is 4. The molecular formula is C22H28N2O. The van der Waals surface area contributed by atoms with E-state index in [0.29, 0.717) is 6.42 Å². The van der Waals surface area contributed by atoms with E-state index in [0.717, 1.165) is 24.3 Å². The number of benzene rings is 2. The lowest BCUT2D eigenvalue weighted by Gasteiger charge is -2.22. The number of anilines is 2. The third kappa shape index (κ3) is 4.85. The van der Waals surface area contributed by atoms with Gasteiger partial charge in [-0.25, -0.2) is 0 Å². The third-order valence-corrected chi connectivity index (χ3v) is 5.06. The Kier molecular flexibility index (Phi) is 5.75. The Hall–Kier alpha value is -2.29. The summed E-state index contributed by atoms with van der Waals surface area (Å²) in [5.74, 6) is 0.0331. The number of aryl methyl sites for hydroxylation is 2. The van der Waals surface area contributed by atoms with Crippen LogP contribution in [0.1, 0.15) is 42.4 Å². The van der Waals surface area contributed by atoms with Crippen LogP contribution in [0.5, 0.6) is 0 Å². The zero-order valence-corrected chi connectivity index (χ0v) is 15.3. The molecule has 0 unspecified atom stereocenters. The van der Waals surface area contributed by atoms with Crippen molar-refractivity contribution in [3.05, 3.63) is 59.2 Å². The lowest BCUT2D eigenvalue weighted by molar-refractivity contribution is -0.115. The van der Waals surface area contributed by atoms with Gasteiger partial charge in [-0.3, -0.25) is 4.79 Å². The molecule has 1 heterocycles. The summed E-state index contributed by atoms with van der Waals surface area (Å²) >= 11 is 0. The highest BCUT2D eigenvalue weighted by molar-refractivity contribution is 5.92. The second-order valence-corrected chi connectivity index (χ2v) is 7.09. The van der Waals surface area contributed by atoms with E-state index in [9.17, 15) is 4.79 Å². The van der Waals surface area contributed by atoms with Crippen molar-refractivity contribution in [2.24, 2.45) is 0 Å². The summed E-state index contributed by atoms with van der Waals surface area (Å²) in [6, 6.07) is 14.5. The first kappa shape index (κ1) is 17.5. The highest BCUT2D eigenvalue weighted by Crippen LogP contribution is 2.21. The molecule has 3 nitrogen and oxygen atoms in total. The maximum absolute atomic E-state index is 12.3. The monoisotopic (exact) mass is 336 g/mol. The molecule has 132 valence electrons. The van der Waals surface area contributed by atoms with Crippen LogP contribution < -0.4 is 10.2 Å². The smallest absolute Gasteiger partial charge is 0.228 e. The lowest BCUT2D eigenvalue weighted by atomic mass is 10.0. The summed E-state index contributed by atoms with van der Waals surface area (Å²) < 4.78 is 0. The fourth-order valence-electron chi connectivity index (χ4n) is 3.39. The van der Waals surface area contributed by atoms with E-state index in [-0.39, 0.29) is 5.91 Å². The first-order chi connectivity index (χ1) is 12.1. The average Bonchev–Trinajstić information content (AvgIpc) is 2.88. The molecule has 0 aromatic heterocycles. The Bertz CT molecular complexity index is 713. The largest absolute Gasteiger partial charge is 0.372 e. The van der Waals surface area contributed by atoms with Gasteiger partial charge in [0.2, 0.25) is 5.91 Å². The summed E-state index contributed by atoms with van der Waals surface area (Å²) in [4.78, 5) is 14.7. The van der Waals surface area contributed by atoms with E-state index in [2.05, 4.69) is 48.3 Å². The van der Waals surface area contributed by atoms with Crippen molar-refractivity contribution in [3.63, 3.8) is 0 Å². The molecule has 3 rings (SSSR count). The molecule has 1 N–H and O–H groups in total. The van der Waals surface area contributed by atoms with Crippen molar-refractivity contribution in [1.82, 2.24) is 0 Å². The molecule has 1 amide bonds. The maximum Gasteiger partial charge on any atom is 0.228 e. The quantitative estimate of drug-likeness (QED) is 0.864. The number of carbonyl (C=O) groups excluding carboxylic acids is 1. The van der Waals surface area contributed by atoms with Gasteiger partial charge in [0.1, 0.15) is 0 Å². The van der Waals surface area contributed by atoms with Gasteiger partial charge in [-0.1, -0.05) is 31.0 Å². The van der Waals surface area contributed by atoms with Crippen LogP contribution in [0, 0.1) is 13.8 Å². The molecule has 0 atom stereocenters. The number of nitrogens with one attached hydrogen (secondary N) is 1. The first-order valence-corrected chi connectivity index (χ1v) is 9.33. The van der Waals surface area contributed by atoms with E-state index < -0.39 is 0 Å². The van der Waals surface area contributed by atoms with Crippen molar-refractivity contribution in [1.29, 1.82) is 0 Å². The van der Waals surface area contributed by atoms with E-state index >= 15 is 0 Å². The minimum Gasteiger partial charge on any atom is -0.372 e. The Labute approximate surface area is 151 Å². The van der Waals surface area contributed by atoms with Gasteiger partial charge >= 0.3 is 0 Å². The summed E-state index contributed by atoms with van der Waals surface area (Å²) in [5, 5.41) is 3.01. The predicted molar refractivity (Wildman–Crippen MR) is 105 cm³/mol. The summed E-state index contributed by atoms with van der Waals surface area (Å²) in [6.07, 6.45) is 5.63. The van der Waals surface area contributed by atoms with Crippen molar-refractivity contribution in [2.75, 3.05) is 23.3 Å². The molecule has 1 saturated heterocycles. The minimum atomic E-state index is 0.0331. The number of hydrogen-bond acceptors (Lipinski definition) is 2. The molecule has 0 radical (unpaired) electrons. The zero-order valence-electron chi connectivity index (χ0n) is 15.3. The van der Waals surface area contributed by atoms with Crippen molar-refractivity contribution in [3.8, 4) is 0 Å². The van der Waals surface area contributed by atoms with E-state index in [4.69, 9.17) is 0 Å². The molecule has 0 bridgehead atoms. The Morgan fingerprint density at radius 2 is 1.60 bits per heavy atom. The Morgan fingerprint density at radius 1 is 0.920 bits per heavy atom. The predicted octanol–water partition coefficient (Wildman–Crippen LogP) is 4.87. The number of nitrogens with zero attached hydrogens (tertiary/aromatic N) is 1. The summed E-state index contributed by atoms with van der Waals surface area (Å²) in [6.45, 7) is 6.44. The van der Waals surface area contributed by atoms with Gasteiger partial charge in [0.05, 0.1) is 6.42 Å². The van der Waals surface area contributed by atoms with Crippen molar-refractivity contribution in [2.45, 2.75) is 46.0 Å². The summed E-state index contributed by atoms with van der Waals surface area (Å²) in [7, 11) is 0. The third-order valence-electron chi connectivity index (χ3n) is 5.06. The fourth-order valence-corrected chi connectivity index (χ4v) is 3.39. The Morgan fingerprint density at radius 3 is 2.24 bits per heavy atom. The molecule has 2 aromatic rings. The van der Waals surface area contributed by atoms with Gasteiger partial charge in [-0.05, 0) is 67.6 Å². The average molecular weight is 336 g/mol. The summed E-state index contributed by atoms with van der Waals surface area (Å²) in [5.41, 5.74) is 5.67. The van der Waals surface area contributed by atoms with Gasteiger partial charge in [-0.2, -0.15) is 0 Å². The van der Waals surface area contributed by atoms with Gasteiger partial charge in [0.15, 0.2) is 0 Å². The van der Waals surface area contributed by atoms with Crippen LogP contribution in [0.3, 0.4) is 0 Å². The second-order valence-electron chi connectivity index (χ2n) is 7.09. The van der Waals surface area contributed by atoms with Gasteiger partial charge in [0.25, 0.3) is 0 Å². The van der Waals surface area contributed by atoms with Crippen molar-refractivity contribution >= 4 is 17.3 Å². The molecule has 2 aromatic carbocycles. The lowest BCUT2D eigenvalue weighted by Crippen LogP contribution is -2.23. The van der Waals surface area contributed by atoms with Crippen LogP contribution in [-0.4, -0.2) is 19.0 Å². The van der Waals surface area contributed by atoms with Crippen LogP contribution in [-0.2, 0) is 11.2 Å². The maximum atomic E-state index is 12.3. The normalized spacial score (nSPS) is 14.9. The number of amides is 1. The highest BCUT2D eigenvalue weighted by Gasteiger charge is 2.10. The molecule has 3 heteroatoms. The number of carbonyl (C=O) groups is 1. The molecule has 0 saturated carbocycles. The molecule has 1 aliphatic heterocycles. The Balaban J connectivity index is 1.58. The van der Waals surface area contributed by atoms with Crippen LogP contribution in [0.25, 0.3) is 0 Å². The number of hydrogen-bond donors (Lipinski definition) is 1. The second kappa shape index (κ2) is 8.19. The van der Waals surface area contributed by atoms with Gasteiger partial charge in [-0.15, -0.1) is 0 Å². The first-order valence-electron chi connectivity index (χ1n) is 9.33. The van der Waals surface area contributed by atoms with Crippen LogP contribution in [0.2, 0.25) is 0 Å². The molecular weight excluding hydrogens is 308 g/mol. The molecule has 0 spiro atoms. The van der Waals surface area contributed by atoms with Gasteiger partial charge in [0, 0.05) is 24.5 Å². The highest BCUT2D eigenvalue weighted by atomic mass is 16.1. The molecule has 1 fully saturated rings. The SMILES string of the molecule is Cc1ccc(CC(=O)Nc2ccc(N3CCCCCC3)cc2)cc1C. The standard InChI is InChI=1S/C22H28N2O/c1-17-7-8-19(15-18(17)2)16-22(25)23-20-9-11-21(12-10-20)24-13-5-3-4-6-14-24/h7-12,15H,3-6,13-14,16H2,1-2H3,(H,23,25). The van der Waals surface area contributed by atoms with Gasteiger partial charge < -0.3 is 10.2 Å². The van der Waals surface area contributed by atoms with E-state index in [1.54, 1.807) is 0 Å². The molecule has 1 aliphatic rings. The van der Waals surface area contributed by atoms with Crippen molar-refractivity contribution < 1.29 is 4.79 Å². The molecule has 25 heavy (non-hydrogen) atoms. The zero-order chi connectivity index (χ0) is 17.6. The minimum absolute atomic E-state index is 0.0331. The fraction of sp³-hybridized carbons (Fsp3) is 0.409. The topological polar surface area (TPSA) is 32.3 Å². The van der Waals surface area contributed by atoms with Crippen LogP contribution in [0.15, 0.2) is 42.5 Å². The van der Waals surface area contributed by atoms with Crippen LogP contribution >= 0.6 is 0 Å². The molecule has 0 aliphatic carbocycles. The van der Waals surface area contributed by atoms with E-state index in [1.807, 2.05) is 18.2 Å². The van der Waals surface area contributed by atoms with Crippen LogP contribution in [0.4, 0.5) is 11.4 Å².